The molecule has 1 aliphatic heterocycles. The SMILES string of the molecule is CCC[C@H]1Nc2ccccc2NC1=O. The minimum atomic E-state index is -0.0742. The van der Waals surface area contributed by atoms with Gasteiger partial charge in [0.1, 0.15) is 6.04 Å². The zero-order chi connectivity index (χ0) is 9.97. The Labute approximate surface area is 83.5 Å². The fraction of sp³-hybridized carbons (Fsp3) is 0.364. The lowest BCUT2D eigenvalue weighted by molar-refractivity contribution is -0.117. The minimum Gasteiger partial charge on any atom is -0.372 e. The number of carbonyl (C=O) groups excluding carboxylic acids is 1. The van der Waals surface area contributed by atoms with Gasteiger partial charge in [0.2, 0.25) is 5.91 Å². The molecule has 14 heavy (non-hydrogen) atoms. The summed E-state index contributed by atoms with van der Waals surface area (Å²) in [7, 11) is 0. The van der Waals surface area contributed by atoms with Gasteiger partial charge in [0.05, 0.1) is 11.4 Å². The number of benzene rings is 1. The van der Waals surface area contributed by atoms with E-state index in [-0.39, 0.29) is 11.9 Å². The Balaban J connectivity index is 2.22. The third-order valence-corrected chi connectivity index (χ3v) is 2.41. The van der Waals surface area contributed by atoms with Crippen LogP contribution < -0.4 is 10.6 Å². The summed E-state index contributed by atoms with van der Waals surface area (Å²) in [5.41, 5.74) is 1.90. The van der Waals surface area contributed by atoms with Crippen LogP contribution in [0.3, 0.4) is 0 Å². The lowest BCUT2D eigenvalue weighted by atomic mass is 10.1. The number of anilines is 2. The zero-order valence-electron chi connectivity index (χ0n) is 8.21. The fourth-order valence-electron chi connectivity index (χ4n) is 1.68. The third kappa shape index (κ3) is 1.58. The van der Waals surface area contributed by atoms with Crippen molar-refractivity contribution in [3.8, 4) is 0 Å². The van der Waals surface area contributed by atoms with E-state index in [0.717, 1.165) is 24.2 Å². The molecule has 2 rings (SSSR count). The highest BCUT2D eigenvalue weighted by Gasteiger charge is 2.23. The Morgan fingerprint density at radius 3 is 2.71 bits per heavy atom. The molecule has 1 heterocycles. The van der Waals surface area contributed by atoms with Crippen LogP contribution in [-0.2, 0) is 4.79 Å². The van der Waals surface area contributed by atoms with Crippen molar-refractivity contribution in [3.05, 3.63) is 24.3 Å². The maximum absolute atomic E-state index is 11.6. The number of hydrogen-bond donors (Lipinski definition) is 2. The van der Waals surface area contributed by atoms with Crippen LogP contribution in [0.4, 0.5) is 11.4 Å². The fourth-order valence-corrected chi connectivity index (χ4v) is 1.68. The zero-order valence-corrected chi connectivity index (χ0v) is 8.21. The van der Waals surface area contributed by atoms with Crippen molar-refractivity contribution in [2.75, 3.05) is 10.6 Å². The quantitative estimate of drug-likeness (QED) is 0.750. The molecule has 0 saturated carbocycles. The van der Waals surface area contributed by atoms with Crippen LogP contribution in [0.15, 0.2) is 24.3 Å². The molecule has 0 bridgehead atoms. The van der Waals surface area contributed by atoms with Crippen LogP contribution in [0.2, 0.25) is 0 Å². The summed E-state index contributed by atoms with van der Waals surface area (Å²) in [6.45, 7) is 2.08. The summed E-state index contributed by atoms with van der Waals surface area (Å²) in [5.74, 6) is 0.0746. The van der Waals surface area contributed by atoms with Gasteiger partial charge in [-0.25, -0.2) is 0 Å². The van der Waals surface area contributed by atoms with Crippen molar-refractivity contribution in [1.82, 2.24) is 0 Å². The van der Waals surface area contributed by atoms with Gasteiger partial charge in [0, 0.05) is 0 Å². The molecule has 0 unspecified atom stereocenters. The van der Waals surface area contributed by atoms with Gasteiger partial charge in [-0.2, -0.15) is 0 Å². The van der Waals surface area contributed by atoms with Gasteiger partial charge < -0.3 is 10.6 Å². The Morgan fingerprint density at radius 2 is 2.00 bits per heavy atom. The number of para-hydroxylation sites is 2. The van der Waals surface area contributed by atoms with Crippen molar-refractivity contribution in [2.45, 2.75) is 25.8 Å². The molecule has 0 spiro atoms. The molecule has 74 valence electrons. The minimum absolute atomic E-state index is 0.0742. The first-order valence-electron chi connectivity index (χ1n) is 4.97. The molecule has 3 nitrogen and oxygen atoms in total. The maximum atomic E-state index is 11.6. The Bertz CT molecular complexity index is 349. The molecule has 3 heteroatoms. The number of fused-ring (bicyclic) bond motifs is 1. The van der Waals surface area contributed by atoms with E-state index in [4.69, 9.17) is 0 Å². The van der Waals surface area contributed by atoms with Gasteiger partial charge in [0.25, 0.3) is 0 Å². The lowest BCUT2D eigenvalue weighted by Gasteiger charge is -2.26. The van der Waals surface area contributed by atoms with Crippen molar-refractivity contribution in [1.29, 1.82) is 0 Å². The number of amides is 1. The average Bonchev–Trinajstić information content (AvgIpc) is 2.19. The Morgan fingerprint density at radius 1 is 1.29 bits per heavy atom. The van der Waals surface area contributed by atoms with E-state index in [1.807, 2.05) is 24.3 Å². The summed E-state index contributed by atoms with van der Waals surface area (Å²) in [4.78, 5) is 11.6. The number of hydrogen-bond acceptors (Lipinski definition) is 2. The first-order chi connectivity index (χ1) is 6.81. The lowest BCUT2D eigenvalue weighted by Crippen LogP contribution is -2.38. The topological polar surface area (TPSA) is 41.1 Å². The van der Waals surface area contributed by atoms with E-state index in [1.165, 1.54) is 0 Å². The van der Waals surface area contributed by atoms with Gasteiger partial charge >= 0.3 is 0 Å². The molecule has 0 saturated heterocycles. The van der Waals surface area contributed by atoms with E-state index in [9.17, 15) is 4.79 Å². The molecular formula is C11H14N2O. The second kappa shape index (κ2) is 3.70. The highest BCUT2D eigenvalue weighted by atomic mass is 16.2. The standard InChI is InChI=1S/C11H14N2O/c1-2-5-10-11(14)13-9-7-4-3-6-8(9)12-10/h3-4,6-7,10,12H,2,5H2,1H3,(H,13,14)/t10-/m1/s1. The van der Waals surface area contributed by atoms with Crippen LogP contribution in [0.1, 0.15) is 19.8 Å². The van der Waals surface area contributed by atoms with E-state index in [0.29, 0.717) is 0 Å². The number of carbonyl (C=O) groups is 1. The predicted molar refractivity (Wildman–Crippen MR) is 57.4 cm³/mol. The smallest absolute Gasteiger partial charge is 0.246 e. The van der Waals surface area contributed by atoms with Crippen LogP contribution >= 0.6 is 0 Å². The summed E-state index contributed by atoms with van der Waals surface area (Å²) >= 11 is 0. The Hall–Kier alpha value is -1.51. The molecule has 1 aromatic carbocycles. The molecule has 1 amide bonds. The number of rotatable bonds is 2. The molecule has 0 aliphatic carbocycles. The van der Waals surface area contributed by atoms with E-state index in [1.54, 1.807) is 0 Å². The monoisotopic (exact) mass is 190 g/mol. The normalized spacial score (nSPS) is 19.5. The molecule has 0 radical (unpaired) electrons. The van der Waals surface area contributed by atoms with Crippen LogP contribution in [0.25, 0.3) is 0 Å². The van der Waals surface area contributed by atoms with Crippen molar-refractivity contribution < 1.29 is 4.79 Å². The molecule has 0 aromatic heterocycles. The van der Waals surface area contributed by atoms with Crippen molar-refractivity contribution >= 4 is 17.3 Å². The molecular weight excluding hydrogens is 176 g/mol. The first kappa shape index (κ1) is 9.06. The van der Waals surface area contributed by atoms with Gasteiger partial charge in [-0.15, -0.1) is 0 Å². The van der Waals surface area contributed by atoms with Crippen LogP contribution in [0.5, 0.6) is 0 Å². The van der Waals surface area contributed by atoms with Gasteiger partial charge in [-0.3, -0.25) is 4.79 Å². The predicted octanol–water partition coefficient (Wildman–Crippen LogP) is 2.22. The summed E-state index contributed by atoms with van der Waals surface area (Å²) in [6, 6.07) is 7.70. The van der Waals surface area contributed by atoms with Crippen molar-refractivity contribution in [2.24, 2.45) is 0 Å². The van der Waals surface area contributed by atoms with E-state index < -0.39 is 0 Å². The second-order valence-electron chi connectivity index (χ2n) is 3.52. The highest BCUT2D eigenvalue weighted by Crippen LogP contribution is 2.26. The number of nitrogens with one attached hydrogen (secondary N) is 2. The van der Waals surface area contributed by atoms with E-state index >= 15 is 0 Å². The van der Waals surface area contributed by atoms with E-state index in [2.05, 4.69) is 17.6 Å². The van der Waals surface area contributed by atoms with Crippen LogP contribution in [-0.4, -0.2) is 11.9 Å². The van der Waals surface area contributed by atoms with Gasteiger partial charge in [-0.05, 0) is 18.6 Å². The Kier molecular flexibility index (Phi) is 2.39. The summed E-state index contributed by atoms with van der Waals surface area (Å²) < 4.78 is 0. The second-order valence-corrected chi connectivity index (χ2v) is 3.52. The molecule has 1 aliphatic rings. The van der Waals surface area contributed by atoms with Crippen molar-refractivity contribution in [3.63, 3.8) is 0 Å². The maximum Gasteiger partial charge on any atom is 0.246 e. The molecule has 0 fully saturated rings. The third-order valence-electron chi connectivity index (χ3n) is 2.41. The summed E-state index contributed by atoms with van der Waals surface area (Å²) in [5, 5.41) is 6.13. The largest absolute Gasteiger partial charge is 0.372 e. The highest BCUT2D eigenvalue weighted by molar-refractivity contribution is 6.02. The summed E-state index contributed by atoms with van der Waals surface area (Å²) in [6.07, 6.45) is 1.88. The first-order valence-corrected chi connectivity index (χ1v) is 4.97. The average molecular weight is 190 g/mol. The molecule has 2 N–H and O–H groups in total. The molecule has 1 aromatic rings. The van der Waals surface area contributed by atoms with Gasteiger partial charge in [-0.1, -0.05) is 25.5 Å². The van der Waals surface area contributed by atoms with Gasteiger partial charge in [0.15, 0.2) is 0 Å². The molecule has 1 atom stereocenters. The van der Waals surface area contributed by atoms with Crippen LogP contribution in [0, 0.1) is 0 Å².